The molecule has 0 aliphatic heterocycles. The highest BCUT2D eigenvalue weighted by atomic mass is 28.3. The maximum Gasteiger partial charge on any atom is 0.338 e. The summed E-state index contributed by atoms with van der Waals surface area (Å²) in [5.41, 5.74) is 0.431. The molecular weight excluding hydrogens is 196 g/mol. The Kier molecular flexibility index (Phi) is 11.3. The zero-order chi connectivity index (χ0) is 10.3. The van der Waals surface area contributed by atoms with Crippen molar-refractivity contribution < 1.29 is 8.85 Å². The van der Waals surface area contributed by atoms with E-state index < -0.39 is 9.28 Å². The van der Waals surface area contributed by atoms with E-state index in [-0.39, 0.29) is 6.15 Å². The molecule has 0 saturated carbocycles. The number of nitrogens with one attached hydrogen (secondary N) is 1. The lowest BCUT2D eigenvalue weighted by atomic mass is 10.1. The Morgan fingerprint density at radius 1 is 1.21 bits per heavy atom. The first-order valence-electron chi connectivity index (χ1n) is 4.94. The monoisotopic (exact) mass is 222 g/mol. The Hall–Kier alpha value is 0.0569. The van der Waals surface area contributed by atoms with Gasteiger partial charge in [0.1, 0.15) is 0 Å². The largest absolute Gasteiger partial charge is 0.399 e. The van der Waals surface area contributed by atoms with E-state index in [0.29, 0.717) is 11.6 Å². The van der Waals surface area contributed by atoms with Crippen LogP contribution in [0.15, 0.2) is 0 Å². The highest BCUT2D eigenvalue weighted by Crippen LogP contribution is 2.08. The third kappa shape index (κ3) is 6.50. The first-order valence-corrected chi connectivity index (χ1v) is 6.55. The zero-order valence-corrected chi connectivity index (χ0v) is 11.3. The highest BCUT2D eigenvalue weighted by molar-refractivity contribution is 6.46. The summed E-state index contributed by atoms with van der Waals surface area (Å²) in [5, 5.41) is 3.43. The van der Waals surface area contributed by atoms with Crippen LogP contribution in [0.4, 0.5) is 0 Å². The molecule has 0 amide bonds. The molecule has 0 spiro atoms. The second-order valence-corrected chi connectivity index (χ2v) is 6.12. The number of hydrogen-bond donors (Lipinski definition) is 2. The second kappa shape index (κ2) is 9.61. The molecule has 0 aromatic heterocycles. The minimum absolute atomic E-state index is 0. The van der Waals surface area contributed by atoms with Gasteiger partial charge < -0.3 is 20.3 Å². The minimum Gasteiger partial charge on any atom is -0.399 e. The predicted octanol–water partition coefficient (Wildman–Crippen LogP) is 1.23. The molecule has 4 N–H and O–H groups in total. The third-order valence-electron chi connectivity index (χ3n) is 1.98. The fourth-order valence-corrected chi connectivity index (χ4v) is 3.53. The molecule has 0 heterocycles. The van der Waals surface area contributed by atoms with Gasteiger partial charge in [0, 0.05) is 19.9 Å². The van der Waals surface area contributed by atoms with E-state index in [0.717, 1.165) is 13.0 Å². The van der Waals surface area contributed by atoms with Crippen LogP contribution in [0.3, 0.4) is 0 Å². The van der Waals surface area contributed by atoms with Gasteiger partial charge in [-0.3, -0.25) is 0 Å². The van der Waals surface area contributed by atoms with Crippen LogP contribution < -0.4 is 11.5 Å². The van der Waals surface area contributed by atoms with Gasteiger partial charge >= 0.3 is 9.28 Å². The van der Waals surface area contributed by atoms with Crippen molar-refractivity contribution >= 4 is 9.28 Å². The van der Waals surface area contributed by atoms with E-state index in [1.54, 1.807) is 14.2 Å². The van der Waals surface area contributed by atoms with Crippen LogP contribution in [0.25, 0.3) is 0 Å². The lowest BCUT2D eigenvalue weighted by Gasteiger charge is -2.24. The maximum absolute atomic E-state index is 5.37. The SMILES string of the molecule is CCNC(CC(C)C)[SiH](OC)OC.N. The number of rotatable bonds is 7. The Morgan fingerprint density at radius 3 is 2.00 bits per heavy atom. The average Bonchev–Trinajstić information content (AvgIpc) is 2.05. The van der Waals surface area contributed by atoms with Crippen LogP contribution in [0.2, 0.25) is 0 Å². The van der Waals surface area contributed by atoms with Crippen LogP contribution in [0.5, 0.6) is 0 Å². The van der Waals surface area contributed by atoms with Gasteiger partial charge in [0.15, 0.2) is 0 Å². The molecule has 0 aliphatic carbocycles. The summed E-state index contributed by atoms with van der Waals surface area (Å²) in [6.45, 7) is 7.54. The molecule has 4 nitrogen and oxygen atoms in total. The second-order valence-electron chi connectivity index (χ2n) is 3.63. The van der Waals surface area contributed by atoms with Crippen molar-refractivity contribution in [3.8, 4) is 0 Å². The van der Waals surface area contributed by atoms with Gasteiger partial charge in [-0.25, -0.2) is 0 Å². The zero-order valence-electron chi connectivity index (χ0n) is 10.2. The summed E-state index contributed by atoms with van der Waals surface area (Å²) in [6.07, 6.45) is 1.13. The molecular formula is C9H26N2O2Si. The van der Waals surface area contributed by atoms with Crippen molar-refractivity contribution in [2.75, 3.05) is 20.8 Å². The van der Waals surface area contributed by atoms with Gasteiger partial charge in [0.05, 0.1) is 0 Å². The summed E-state index contributed by atoms with van der Waals surface area (Å²) in [5.74, 6) is 0.685. The summed E-state index contributed by atoms with van der Waals surface area (Å²) < 4.78 is 10.7. The third-order valence-corrected chi connectivity index (χ3v) is 4.08. The van der Waals surface area contributed by atoms with E-state index >= 15 is 0 Å². The van der Waals surface area contributed by atoms with Crippen molar-refractivity contribution in [2.45, 2.75) is 32.9 Å². The average molecular weight is 222 g/mol. The highest BCUT2D eigenvalue weighted by Gasteiger charge is 2.23. The van der Waals surface area contributed by atoms with Gasteiger partial charge in [0.2, 0.25) is 0 Å². The summed E-state index contributed by atoms with van der Waals surface area (Å²) in [7, 11) is 1.99. The predicted molar refractivity (Wildman–Crippen MR) is 63.1 cm³/mol. The first kappa shape index (κ1) is 16.5. The molecule has 0 fully saturated rings. The molecule has 0 aromatic rings. The first-order chi connectivity index (χ1) is 6.15. The Bertz CT molecular complexity index is 121. The molecule has 1 unspecified atom stereocenters. The Morgan fingerprint density at radius 2 is 1.71 bits per heavy atom. The molecule has 0 aliphatic rings. The summed E-state index contributed by atoms with van der Waals surface area (Å²) in [4.78, 5) is 0. The van der Waals surface area contributed by atoms with E-state index in [4.69, 9.17) is 8.85 Å². The van der Waals surface area contributed by atoms with Gasteiger partial charge in [-0.05, 0) is 18.9 Å². The van der Waals surface area contributed by atoms with Crippen LogP contribution in [-0.2, 0) is 8.85 Å². The minimum atomic E-state index is -1.49. The maximum atomic E-state index is 5.37. The van der Waals surface area contributed by atoms with E-state index in [1.807, 2.05) is 0 Å². The van der Waals surface area contributed by atoms with E-state index in [1.165, 1.54) is 0 Å². The van der Waals surface area contributed by atoms with Crippen molar-refractivity contribution in [2.24, 2.45) is 5.92 Å². The van der Waals surface area contributed by atoms with Gasteiger partial charge in [-0.2, -0.15) is 0 Å². The number of hydrogen-bond acceptors (Lipinski definition) is 4. The fourth-order valence-electron chi connectivity index (χ4n) is 1.49. The lowest BCUT2D eigenvalue weighted by Crippen LogP contribution is -2.46. The van der Waals surface area contributed by atoms with Crippen LogP contribution in [0.1, 0.15) is 27.2 Å². The smallest absolute Gasteiger partial charge is 0.338 e. The molecule has 0 aromatic carbocycles. The fraction of sp³-hybridized carbons (Fsp3) is 1.00. The van der Waals surface area contributed by atoms with E-state index in [2.05, 4.69) is 26.1 Å². The van der Waals surface area contributed by atoms with Crippen LogP contribution in [0, 0.1) is 5.92 Å². The van der Waals surface area contributed by atoms with Crippen LogP contribution >= 0.6 is 0 Å². The standard InChI is InChI=1S/C9H23NO2Si.H3N/c1-6-10-9(7-8(2)3)13(11-4)12-5;/h8-10,13H,6-7H2,1-5H3;1H3. The molecule has 14 heavy (non-hydrogen) atoms. The normalized spacial score (nSPS) is 13.1. The lowest BCUT2D eigenvalue weighted by molar-refractivity contribution is 0.251. The van der Waals surface area contributed by atoms with Gasteiger partial charge in [0.25, 0.3) is 0 Å². The van der Waals surface area contributed by atoms with Crippen molar-refractivity contribution in [1.29, 1.82) is 0 Å². The van der Waals surface area contributed by atoms with Gasteiger partial charge in [-0.1, -0.05) is 20.8 Å². The van der Waals surface area contributed by atoms with Crippen molar-refractivity contribution in [3.05, 3.63) is 0 Å². The van der Waals surface area contributed by atoms with Crippen molar-refractivity contribution in [3.63, 3.8) is 0 Å². The molecule has 88 valence electrons. The topological polar surface area (TPSA) is 65.5 Å². The molecule has 0 saturated heterocycles. The quantitative estimate of drug-likeness (QED) is 0.636. The summed E-state index contributed by atoms with van der Waals surface area (Å²) in [6, 6.07) is 0. The van der Waals surface area contributed by atoms with E-state index in [9.17, 15) is 0 Å². The molecule has 0 rings (SSSR count). The molecule has 5 heteroatoms. The van der Waals surface area contributed by atoms with Crippen molar-refractivity contribution in [1.82, 2.24) is 11.5 Å². The van der Waals surface area contributed by atoms with Crippen LogP contribution in [-0.4, -0.2) is 35.7 Å². The van der Waals surface area contributed by atoms with Gasteiger partial charge in [-0.15, -0.1) is 0 Å². The molecule has 1 atom stereocenters. The molecule has 0 bridgehead atoms. The Balaban J connectivity index is 0. The summed E-state index contributed by atoms with van der Waals surface area (Å²) >= 11 is 0. The molecule has 0 radical (unpaired) electrons. The Labute approximate surface area is 89.8 Å².